The van der Waals surface area contributed by atoms with Crippen LogP contribution in [0.4, 0.5) is 0 Å². The molecule has 18 heavy (non-hydrogen) atoms. The molecule has 0 aliphatic carbocycles. The fraction of sp³-hybridized carbons (Fsp3) is 0.385. The summed E-state index contributed by atoms with van der Waals surface area (Å²) in [4.78, 5) is 0. The van der Waals surface area contributed by atoms with E-state index >= 15 is 0 Å². The number of halogens is 2. The maximum atomic E-state index is 9.16. The SMILES string of the molecule is CCOc1cc(CO)cc(Br)c1OC/C(C)=C/Cl. The lowest BCUT2D eigenvalue weighted by Crippen LogP contribution is -2.03. The standard InChI is InChI=1S/C13H16BrClO3/c1-3-17-12-5-10(7-16)4-11(14)13(12)18-8-9(2)6-15/h4-6,16H,3,7-8H2,1-2H3/b9-6+. The number of hydrogen-bond acceptors (Lipinski definition) is 3. The summed E-state index contributed by atoms with van der Waals surface area (Å²) in [6.07, 6.45) is 0. The number of aliphatic hydroxyl groups is 1. The van der Waals surface area contributed by atoms with Crippen molar-refractivity contribution in [1.82, 2.24) is 0 Å². The minimum atomic E-state index is -0.0421. The summed E-state index contributed by atoms with van der Waals surface area (Å²) in [5.74, 6) is 1.23. The largest absolute Gasteiger partial charge is 0.490 e. The third kappa shape index (κ3) is 4.19. The van der Waals surface area contributed by atoms with Crippen molar-refractivity contribution in [3.63, 3.8) is 0 Å². The van der Waals surface area contributed by atoms with E-state index in [1.54, 1.807) is 12.1 Å². The Kier molecular flexibility index (Phi) is 6.54. The zero-order valence-corrected chi connectivity index (χ0v) is 12.7. The third-order valence-corrected chi connectivity index (χ3v) is 3.14. The van der Waals surface area contributed by atoms with Crippen LogP contribution >= 0.6 is 27.5 Å². The molecule has 3 nitrogen and oxygen atoms in total. The molecular weight excluding hydrogens is 319 g/mol. The molecule has 0 unspecified atom stereocenters. The molecule has 0 aliphatic rings. The Morgan fingerprint density at radius 2 is 2.17 bits per heavy atom. The quantitative estimate of drug-likeness (QED) is 0.858. The minimum Gasteiger partial charge on any atom is -0.490 e. The molecule has 0 saturated carbocycles. The average Bonchev–Trinajstić information content (AvgIpc) is 2.37. The van der Waals surface area contributed by atoms with Crippen LogP contribution < -0.4 is 9.47 Å². The Balaban J connectivity index is 3.00. The van der Waals surface area contributed by atoms with Crippen LogP contribution in [0.5, 0.6) is 11.5 Å². The molecule has 0 saturated heterocycles. The van der Waals surface area contributed by atoms with Gasteiger partial charge in [0.2, 0.25) is 0 Å². The van der Waals surface area contributed by atoms with Gasteiger partial charge < -0.3 is 14.6 Å². The molecule has 0 fully saturated rings. The Morgan fingerprint density at radius 3 is 2.72 bits per heavy atom. The van der Waals surface area contributed by atoms with Crippen LogP contribution in [0.2, 0.25) is 0 Å². The van der Waals surface area contributed by atoms with Crippen LogP contribution in [0.15, 0.2) is 27.7 Å². The zero-order chi connectivity index (χ0) is 13.5. The molecule has 0 aliphatic heterocycles. The van der Waals surface area contributed by atoms with E-state index in [-0.39, 0.29) is 6.61 Å². The van der Waals surface area contributed by atoms with Crippen molar-refractivity contribution < 1.29 is 14.6 Å². The van der Waals surface area contributed by atoms with Crippen molar-refractivity contribution in [3.8, 4) is 11.5 Å². The highest BCUT2D eigenvalue weighted by atomic mass is 79.9. The van der Waals surface area contributed by atoms with Crippen molar-refractivity contribution in [3.05, 3.63) is 33.3 Å². The van der Waals surface area contributed by atoms with E-state index in [9.17, 15) is 0 Å². The van der Waals surface area contributed by atoms with Crippen molar-refractivity contribution in [2.24, 2.45) is 0 Å². The molecule has 5 heteroatoms. The Labute approximate surface area is 120 Å². The summed E-state index contributed by atoms with van der Waals surface area (Å²) < 4.78 is 11.9. The van der Waals surface area contributed by atoms with Gasteiger partial charge in [0.15, 0.2) is 11.5 Å². The minimum absolute atomic E-state index is 0.0421. The lowest BCUT2D eigenvalue weighted by atomic mass is 10.2. The summed E-state index contributed by atoms with van der Waals surface area (Å²) in [7, 11) is 0. The van der Waals surface area contributed by atoms with Crippen LogP contribution in [0.25, 0.3) is 0 Å². The first kappa shape index (κ1) is 15.3. The van der Waals surface area contributed by atoms with Crippen LogP contribution in [0.1, 0.15) is 19.4 Å². The fourth-order valence-corrected chi connectivity index (χ4v) is 2.00. The Bertz CT molecular complexity index is 432. The van der Waals surface area contributed by atoms with E-state index in [4.69, 9.17) is 26.2 Å². The number of aliphatic hydroxyl groups excluding tert-OH is 1. The molecule has 0 atom stereocenters. The first-order valence-corrected chi connectivity index (χ1v) is 6.80. The van der Waals surface area contributed by atoms with Gasteiger partial charge in [-0.2, -0.15) is 0 Å². The van der Waals surface area contributed by atoms with Crippen LogP contribution in [0, 0.1) is 0 Å². The van der Waals surface area contributed by atoms with Crippen molar-refractivity contribution in [2.75, 3.05) is 13.2 Å². The van der Waals surface area contributed by atoms with Gasteiger partial charge in [0.1, 0.15) is 6.61 Å². The number of ether oxygens (including phenoxy) is 2. The molecule has 0 radical (unpaired) electrons. The molecule has 0 heterocycles. The normalized spacial score (nSPS) is 11.5. The topological polar surface area (TPSA) is 38.7 Å². The van der Waals surface area contributed by atoms with E-state index in [0.717, 1.165) is 15.6 Å². The van der Waals surface area contributed by atoms with Crippen molar-refractivity contribution in [1.29, 1.82) is 0 Å². The molecular formula is C13H16BrClO3. The summed E-state index contributed by atoms with van der Waals surface area (Å²) in [5, 5.41) is 9.16. The maximum absolute atomic E-state index is 9.16. The predicted molar refractivity (Wildman–Crippen MR) is 76.3 cm³/mol. The number of hydrogen-bond donors (Lipinski definition) is 1. The van der Waals surface area contributed by atoms with Crippen molar-refractivity contribution in [2.45, 2.75) is 20.5 Å². The Morgan fingerprint density at radius 1 is 1.44 bits per heavy atom. The second-order valence-corrected chi connectivity index (χ2v) is 4.81. The van der Waals surface area contributed by atoms with E-state index in [2.05, 4.69) is 15.9 Å². The van der Waals surface area contributed by atoms with Gasteiger partial charge in [0.05, 0.1) is 17.7 Å². The average molecular weight is 336 g/mol. The van der Waals surface area contributed by atoms with Gasteiger partial charge in [-0.15, -0.1) is 0 Å². The highest BCUT2D eigenvalue weighted by Gasteiger charge is 2.12. The van der Waals surface area contributed by atoms with Crippen molar-refractivity contribution >= 4 is 27.5 Å². The van der Waals surface area contributed by atoms with Gasteiger partial charge in [0, 0.05) is 5.54 Å². The molecule has 1 rings (SSSR count). The molecule has 1 aromatic rings. The highest BCUT2D eigenvalue weighted by molar-refractivity contribution is 9.10. The first-order chi connectivity index (χ1) is 8.62. The van der Waals surface area contributed by atoms with Gasteiger partial charge in [-0.25, -0.2) is 0 Å². The first-order valence-electron chi connectivity index (χ1n) is 5.57. The van der Waals surface area contributed by atoms with Gasteiger partial charge in [-0.3, -0.25) is 0 Å². The van der Waals surface area contributed by atoms with Gasteiger partial charge in [0.25, 0.3) is 0 Å². The van der Waals surface area contributed by atoms with E-state index in [1.807, 2.05) is 13.8 Å². The number of benzene rings is 1. The molecule has 0 bridgehead atoms. The molecule has 0 amide bonds. The highest BCUT2D eigenvalue weighted by Crippen LogP contribution is 2.37. The molecule has 0 spiro atoms. The van der Waals surface area contributed by atoms with Crippen LogP contribution in [-0.2, 0) is 6.61 Å². The summed E-state index contributed by atoms with van der Waals surface area (Å²) in [6.45, 7) is 4.65. The maximum Gasteiger partial charge on any atom is 0.175 e. The fourth-order valence-electron chi connectivity index (χ4n) is 1.33. The number of rotatable bonds is 6. The monoisotopic (exact) mass is 334 g/mol. The lowest BCUT2D eigenvalue weighted by Gasteiger charge is -2.15. The van der Waals surface area contributed by atoms with Gasteiger partial charge in [-0.1, -0.05) is 11.6 Å². The summed E-state index contributed by atoms with van der Waals surface area (Å²) >= 11 is 9.00. The van der Waals surface area contributed by atoms with Crippen LogP contribution in [0.3, 0.4) is 0 Å². The van der Waals surface area contributed by atoms with E-state index in [1.165, 1.54) is 5.54 Å². The van der Waals surface area contributed by atoms with Gasteiger partial charge in [-0.05, 0) is 53.0 Å². The van der Waals surface area contributed by atoms with E-state index < -0.39 is 0 Å². The molecule has 100 valence electrons. The molecule has 1 N–H and O–H groups in total. The third-order valence-electron chi connectivity index (χ3n) is 2.18. The molecule has 0 aromatic heterocycles. The lowest BCUT2D eigenvalue weighted by molar-refractivity contribution is 0.274. The Hall–Kier alpha value is -0.710. The second-order valence-electron chi connectivity index (χ2n) is 3.74. The van der Waals surface area contributed by atoms with Crippen LogP contribution in [-0.4, -0.2) is 18.3 Å². The zero-order valence-electron chi connectivity index (χ0n) is 10.4. The van der Waals surface area contributed by atoms with E-state index in [0.29, 0.717) is 24.7 Å². The second kappa shape index (κ2) is 7.67. The molecule has 1 aromatic carbocycles. The van der Waals surface area contributed by atoms with Gasteiger partial charge >= 0.3 is 0 Å². The summed E-state index contributed by atoms with van der Waals surface area (Å²) in [6, 6.07) is 3.57. The smallest absolute Gasteiger partial charge is 0.175 e. The summed E-state index contributed by atoms with van der Waals surface area (Å²) in [5.41, 5.74) is 3.16. The predicted octanol–water partition coefficient (Wildman–Crippen LogP) is 3.86.